The molecule has 68 valence electrons. The lowest BCUT2D eigenvalue weighted by Gasteiger charge is -1.96. The molecule has 0 radical (unpaired) electrons. The Morgan fingerprint density at radius 3 is 2.36 bits per heavy atom. The summed E-state index contributed by atoms with van der Waals surface area (Å²) >= 11 is 4.64. The maximum absolute atomic E-state index is 11.5. The lowest BCUT2D eigenvalue weighted by Crippen LogP contribution is -2.05. The van der Waals surface area contributed by atoms with E-state index in [2.05, 4.69) is 15.6 Å². The van der Waals surface area contributed by atoms with Crippen molar-refractivity contribution in [1.29, 1.82) is 0 Å². The number of alkyl halides is 1. The normalized spacial score (nSPS) is 11.8. The molecule has 0 saturated carbocycles. The van der Waals surface area contributed by atoms with Crippen molar-refractivity contribution in [3.8, 4) is 0 Å². The Morgan fingerprint density at radius 2 is 1.91 bits per heavy atom. The fourth-order valence-electron chi connectivity index (χ4n) is 0.582. The van der Waals surface area contributed by atoms with Crippen molar-refractivity contribution in [3.63, 3.8) is 0 Å². The summed E-state index contributed by atoms with van der Waals surface area (Å²) in [6, 6.07) is 0. The van der Waals surface area contributed by atoms with Crippen molar-refractivity contribution in [2.24, 2.45) is 0 Å². The highest BCUT2D eigenvalue weighted by molar-refractivity contribution is 7.87. The van der Waals surface area contributed by atoms with E-state index in [0.717, 1.165) is 0 Å². The highest BCUT2D eigenvalue weighted by Gasteiger charge is 2.08. The molecule has 6 heteroatoms. The van der Waals surface area contributed by atoms with Crippen molar-refractivity contribution < 1.29 is 16.5 Å². The van der Waals surface area contributed by atoms with Crippen LogP contribution in [0.5, 0.6) is 0 Å². The molecule has 0 unspecified atom stereocenters. The zero-order valence-electron chi connectivity index (χ0n) is 5.92. The molecule has 0 atom stereocenters. The third kappa shape index (κ3) is 6.52. The second-order valence-electron chi connectivity index (χ2n) is 2.07. The van der Waals surface area contributed by atoms with Gasteiger partial charge in [0.1, 0.15) is 0 Å². The monoisotopic (exact) mass is 204 g/mol. The van der Waals surface area contributed by atoms with Crippen LogP contribution in [0.4, 0.5) is 4.39 Å². The third-order valence-corrected chi connectivity index (χ3v) is 2.68. The van der Waals surface area contributed by atoms with Crippen LogP contribution < -0.4 is 0 Å². The highest BCUT2D eigenvalue weighted by Crippen LogP contribution is 2.03. The summed E-state index contributed by atoms with van der Waals surface area (Å²) in [5.74, 6) is -0.142. The van der Waals surface area contributed by atoms with Crippen LogP contribution in [-0.2, 0) is 13.9 Å². The third-order valence-electron chi connectivity index (χ3n) is 1.12. The molecule has 0 fully saturated rings. The highest BCUT2D eigenvalue weighted by atomic mass is 35.5. The van der Waals surface area contributed by atoms with Crippen molar-refractivity contribution in [3.05, 3.63) is 0 Å². The predicted molar refractivity (Wildman–Crippen MR) is 40.6 cm³/mol. The van der Waals surface area contributed by atoms with E-state index < -0.39 is 16.8 Å². The van der Waals surface area contributed by atoms with Gasteiger partial charge in [-0.2, -0.15) is 12.2 Å². The van der Waals surface area contributed by atoms with Crippen LogP contribution in [0.15, 0.2) is 0 Å². The SMILES string of the molecule is O=S(=O)(CCCCCF)OCl. The summed E-state index contributed by atoms with van der Waals surface area (Å²) in [6.45, 7) is -0.415. The minimum atomic E-state index is -3.56. The minimum Gasteiger partial charge on any atom is -0.251 e. The molecule has 0 amide bonds. The number of halogens is 2. The summed E-state index contributed by atoms with van der Waals surface area (Å²) in [5, 5.41) is 0. The fourth-order valence-corrected chi connectivity index (χ4v) is 1.39. The summed E-state index contributed by atoms with van der Waals surface area (Å²) in [6.07, 6.45) is 1.31. The molecular formula is C5H10ClFO3S. The lowest BCUT2D eigenvalue weighted by molar-refractivity contribution is 0.456. The topological polar surface area (TPSA) is 43.4 Å². The smallest absolute Gasteiger partial charge is 0.251 e. The van der Waals surface area contributed by atoms with Gasteiger partial charge >= 0.3 is 0 Å². The van der Waals surface area contributed by atoms with Gasteiger partial charge < -0.3 is 0 Å². The first-order valence-electron chi connectivity index (χ1n) is 3.21. The molecular weight excluding hydrogens is 195 g/mol. The predicted octanol–water partition coefficient (Wildman–Crippen LogP) is 1.63. The Balaban J connectivity index is 3.39. The summed E-state index contributed by atoms with van der Waals surface area (Å²) in [7, 11) is -3.56. The van der Waals surface area contributed by atoms with Gasteiger partial charge in [0.2, 0.25) is 0 Å². The van der Waals surface area contributed by atoms with Crippen LogP contribution in [0.1, 0.15) is 19.3 Å². The average molecular weight is 205 g/mol. The van der Waals surface area contributed by atoms with Crippen LogP contribution >= 0.6 is 11.9 Å². The molecule has 0 spiro atoms. The van der Waals surface area contributed by atoms with Gasteiger partial charge in [0, 0.05) is 0 Å². The second-order valence-corrected chi connectivity index (χ2v) is 4.10. The Bertz CT molecular complexity index is 180. The molecule has 0 aliphatic carbocycles. The van der Waals surface area contributed by atoms with Gasteiger partial charge in [0.25, 0.3) is 10.1 Å². The lowest BCUT2D eigenvalue weighted by atomic mass is 10.3. The molecule has 0 bridgehead atoms. The zero-order chi connectivity index (χ0) is 8.74. The first kappa shape index (κ1) is 11.1. The summed E-state index contributed by atoms with van der Waals surface area (Å²) < 4.78 is 36.2. The first-order chi connectivity index (χ1) is 5.12. The molecule has 0 N–H and O–H groups in total. The van der Waals surface area contributed by atoms with Crippen molar-refractivity contribution in [1.82, 2.24) is 0 Å². The van der Waals surface area contributed by atoms with Crippen LogP contribution in [0, 0.1) is 0 Å². The Labute approximate surface area is 70.8 Å². The first-order valence-corrected chi connectivity index (χ1v) is 5.10. The van der Waals surface area contributed by atoms with Gasteiger partial charge in [-0.1, -0.05) is 0 Å². The fraction of sp³-hybridized carbons (Fsp3) is 1.00. The molecule has 0 aromatic rings. The van der Waals surface area contributed by atoms with Gasteiger partial charge in [0.15, 0.2) is 0 Å². The molecule has 0 aromatic carbocycles. The molecule has 0 saturated heterocycles. The maximum Gasteiger partial charge on any atom is 0.283 e. The van der Waals surface area contributed by atoms with Crippen molar-refractivity contribution in [2.45, 2.75) is 19.3 Å². The van der Waals surface area contributed by atoms with Crippen LogP contribution in [0.3, 0.4) is 0 Å². The number of hydrogen-bond acceptors (Lipinski definition) is 3. The van der Waals surface area contributed by atoms with E-state index in [4.69, 9.17) is 0 Å². The Kier molecular flexibility index (Phi) is 5.81. The van der Waals surface area contributed by atoms with E-state index in [1.165, 1.54) is 0 Å². The number of hydrogen-bond donors (Lipinski definition) is 0. The van der Waals surface area contributed by atoms with E-state index >= 15 is 0 Å². The van der Waals surface area contributed by atoms with Crippen LogP contribution in [-0.4, -0.2) is 20.8 Å². The van der Waals surface area contributed by atoms with E-state index in [1.807, 2.05) is 0 Å². The largest absolute Gasteiger partial charge is 0.283 e. The van der Waals surface area contributed by atoms with E-state index in [1.54, 1.807) is 0 Å². The standard InChI is InChI=1S/C5H10ClFO3S/c6-10-11(8,9)5-3-1-2-4-7/h1-5H2. The second kappa shape index (κ2) is 5.74. The van der Waals surface area contributed by atoms with E-state index in [-0.39, 0.29) is 5.75 Å². The van der Waals surface area contributed by atoms with E-state index in [0.29, 0.717) is 19.3 Å². The quantitative estimate of drug-likeness (QED) is 0.618. The Morgan fingerprint density at radius 1 is 1.27 bits per heavy atom. The molecule has 0 aromatic heterocycles. The van der Waals surface area contributed by atoms with Gasteiger partial charge in [-0.25, -0.2) is 0 Å². The van der Waals surface area contributed by atoms with Gasteiger partial charge in [-0.3, -0.25) is 4.39 Å². The molecule has 11 heavy (non-hydrogen) atoms. The summed E-state index contributed by atoms with van der Waals surface area (Å²) in [5.41, 5.74) is 0. The van der Waals surface area contributed by atoms with Gasteiger partial charge in [-0.15, -0.1) is 0 Å². The average Bonchev–Trinajstić information content (AvgIpc) is 1.99. The van der Waals surface area contributed by atoms with E-state index in [9.17, 15) is 12.8 Å². The molecule has 0 rings (SSSR count). The minimum absolute atomic E-state index is 0.142. The zero-order valence-corrected chi connectivity index (χ0v) is 7.50. The summed E-state index contributed by atoms with van der Waals surface area (Å²) in [4.78, 5) is 0. The van der Waals surface area contributed by atoms with Crippen molar-refractivity contribution in [2.75, 3.05) is 12.4 Å². The van der Waals surface area contributed by atoms with Gasteiger partial charge in [0.05, 0.1) is 24.3 Å². The number of rotatable bonds is 6. The van der Waals surface area contributed by atoms with Crippen LogP contribution in [0.2, 0.25) is 0 Å². The molecule has 3 nitrogen and oxygen atoms in total. The maximum atomic E-state index is 11.5. The van der Waals surface area contributed by atoms with Crippen LogP contribution in [0.25, 0.3) is 0 Å². The Hall–Kier alpha value is 0.130. The molecule has 0 aliphatic rings. The molecule has 0 aliphatic heterocycles. The van der Waals surface area contributed by atoms with Gasteiger partial charge in [-0.05, 0) is 19.3 Å². The molecule has 0 heterocycles. The van der Waals surface area contributed by atoms with Crippen molar-refractivity contribution >= 4 is 22.0 Å². The number of unbranched alkanes of at least 4 members (excludes halogenated alkanes) is 2.